The lowest BCUT2D eigenvalue weighted by Crippen LogP contribution is -2.48. The first-order chi connectivity index (χ1) is 36.3. The smallest absolute Gasteiger partial charge is 0.399 e. The fraction of sp³-hybridized carbons (Fsp3) is 0.653. The number of aromatic nitrogens is 8. The van der Waals surface area contributed by atoms with Crippen molar-refractivity contribution in [3.05, 3.63) is 40.9 Å². The van der Waals surface area contributed by atoms with Gasteiger partial charge in [0.05, 0.1) is 107 Å². The van der Waals surface area contributed by atoms with Gasteiger partial charge in [-0.2, -0.15) is 29.9 Å². The molecule has 11 rings (SSSR count). The van der Waals surface area contributed by atoms with Gasteiger partial charge in [-0.05, 0) is 91.0 Å². The number of fused-ring (bicyclic) bond motifs is 4. The molecule has 7 saturated heterocycles. The van der Waals surface area contributed by atoms with E-state index in [4.69, 9.17) is 55.6 Å². The van der Waals surface area contributed by atoms with Crippen LogP contribution >= 0.6 is 11.6 Å². The molecule has 4 aromatic rings. The summed E-state index contributed by atoms with van der Waals surface area (Å²) in [4.78, 5) is 49.9. The SMILES string of the molecule is CN(C)C=Nc1cc(C(F)F)c(B2OC(C)(C)C(C)(C)O2)cn1.C[C@H]1COCCN1c1nc(-c2cnc(N)cc2C(F)F)nc(N2C3CCC2COC3)n1.C[C@H]1COCCN1c1nc(Cl)nc(N2C3CCC2COC3)n1. The fourth-order valence-corrected chi connectivity index (χ4v) is 10.3. The maximum absolute atomic E-state index is 13.8. The molecule has 11 heterocycles. The molecule has 0 saturated carbocycles. The predicted molar refractivity (Wildman–Crippen MR) is 279 cm³/mol. The third kappa shape index (κ3) is 12.2. The molecular weight excluding hydrogens is 1020 g/mol. The Morgan fingerprint density at radius 3 is 1.66 bits per heavy atom. The average molecular weight is 1080 g/mol. The van der Waals surface area contributed by atoms with Crippen LogP contribution in [0.5, 0.6) is 0 Å². The van der Waals surface area contributed by atoms with E-state index in [1.807, 2.05) is 39.5 Å². The number of halogens is 5. The van der Waals surface area contributed by atoms with Crippen LogP contribution < -0.4 is 30.8 Å². The molecule has 0 aliphatic carbocycles. The Morgan fingerprint density at radius 1 is 0.671 bits per heavy atom. The molecule has 27 heteroatoms. The number of aliphatic imine (C=N–C) groups is 1. The number of hydrogen-bond donors (Lipinski definition) is 1. The Labute approximate surface area is 445 Å². The van der Waals surface area contributed by atoms with Gasteiger partial charge in [-0.25, -0.2) is 32.5 Å². The summed E-state index contributed by atoms with van der Waals surface area (Å²) in [5, 5.41) is 0.254. The number of nitrogens with zero attached hydrogens (tertiary/aromatic N) is 14. The first-order valence-electron chi connectivity index (χ1n) is 25.7. The van der Waals surface area contributed by atoms with Crippen LogP contribution in [0.2, 0.25) is 5.28 Å². The van der Waals surface area contributed by atoms with Crippen LogP contribution in [0, 0.1) is 0 Å². The molecular formula is C49H67BClF4N15O6. The lowest BCUT2D eigenvalue weighted by Gasteiger charge is -2.36. The minimum atomic E-state index is -2.73. The van der Waals surface area contributed by atoms with Gasteiger partial charge >= 0.3 is 7.12 Å². The summed E-state index contributed by atoms with van der Waals surface area (Å²) in [6.07, 6.45) is 3.00. The van der Waals surface area contributed by atoms with Gasteiger partial charge in [-0.1, -0.05) is 0 Å². The number of morpholine rings is 4. The summed E-state index contributed by atoms with van der Waals surface area (Å²) >= 11 is 6.17. The Hall–Kier alpha value is -5.38. The number of ether oxygens (including phenoxy) is 4. The second-order valence-electron chi connectivity index (χ2n) is 21.1. The molecule has 2 N–H and O–H groups in total. The molecule has 4 unspecified atom stereocenters. The van der Waals surface area contributed by atoms with Crippen molar-refractivity contribution in [3.63, 3.8) is 0 Å². The number of nitrogen functional groups attached to an aromatic ring is 1. The highest BCUT2D eigenvalue weighted by Crippen LogP contribution is 2.39. The van der Waals surface area contributed by atoms with Crippen molar-refractivity contribution >= 4 is 65.9 Å². The second-order valence-corrected chi connectivity index (χ2v) is 21.5. The quantitative estimate of drug-likeness (QED) is 0.0873. The van der Waals surface area contributed by atoms with Gasteiger partial charge in [0.25, 0.3) is 12.9 Å². The van der Waals surface area contributed by atoms with Crippen molar-refractivity contribution in [1.82, 2.24) is 44.8 Å². The first kappa shape index (κ1) is 55.4. The zero-order chi connectivity index (χ0) is 54.1. The van der Waals surface area contributed by atoms with E-state index in [1.165, 1.54) is 30.9 Å². The zero-order valence-corrected chi connectivity index (χ0v) is 44.9. The Balaban J connectivity index is 0.000000142. The Bertz CT molecular complexity index is 2640. The molecule has 0 spiro atoms. The average Bonchev–Trinajstić information content (AvgIpc) is 3.91. The minimum Gasteiger partial charge on any atom is -0.399 e. The molecule has 76 heavy (non-hydrogen) atoms. The number of alkyl halides is 4. The molecule has 7 aliphatic heterocycles. The van der Waals surface area contributed by atoms with Gasteiger partial charge in [0.15, 0.2) is 11.6 Å². The standard InChI is InChI=1S/C20H25F2N7O2.C15H22BF2N3O2.C14H20ClN5O2/c1-11-8-30-5-4-28(11)19-25-18(15-7-24-16(23)6-14(15)17(21)22)26-20(27-19)29-12-2-3-13(29)10-31-9-12;1-14(2)15(3,4)23-16(22-14)11-8-19-12(20-9-21(5)6)7-10(11)13(17)18;1-9-6-21-5-4-19(9)13-16-12(15)17-14(18-13)20-10-2-3-11(20)8-22-7-10/h6-7,11-13,17H,2-5,8-10H2,1H3,(H2,23,24);7-9,13H,1-6H3;9-11H,2-8H2,1H3/t11-,12?,13?;;9-,10?,11?/m0.0/s1. The van der Waals surface area contributed by atoms with Crippen molar-refractivity contribution in [2.24, 2.45) is 4.99 Å². The van der Waals surface area contributed by atoms with Gasteiger partial charge in [0.1, 0.15) is 5.82 Å². The van der Waals surface area contributed by atoms with E-state index in [0.29, 0.717) is 82.1 Å². The monoisotopic (exact) mass is 1080 g/mol. The normalized spacial score (nSPS) is 25.8. The lowest BCUT2D eigenvalue weighted by atomic mass is 9.77. The summed E-state index contributed by atoms with van der Waals surface area (Å²) in [6, 6.07) is 3.79. The maximum atomic E-state index is 13.8. The fourth-order valence-electron chi connectivity index (χ4n) is 10.2. The summed E-state index contributed by atoms with van der Waals surface area (Å²) in [5.74, 6) is 2.70. The number of nitrogens with two attached hydrogens (primary N) is 1. The molecule has 0 radical (unpaired) electrons. The van der Waals surface area contributed by atoms with Crippen molar-refractivity contribution in [1.29, 1.82) is 0 Å². The summed E-state index contributed by atoms with van der Waals surface area (Å²) in [7, 11) is 2.70. The van der Waals surface area contributed by atoms with Crippen LogP contribution in [-0.4, -0.2) is 186 Å². The molecule has 21 nitrogen and oxygen atoms in total. The van der Waals surface area contributed by atoms with Gasteiger partial charge in [-0.3, -0.25) is 0 Å². The second kappa shape index (κ2) is 23.3. The number of hydrogen-bond acceptors (Lipinski definition) is 20. The van der Waals surface area contributed by atoms with E-state index in [2.05, 4.69) is 56.5 Å². The summed E-state index contributed by atoms with van der Waals surface area (Å²) in [5.41, 5.74) is 4.45. The van der Waals surface area contributed by atoms with Crippen LogP contribution in [0.3, 0.4) is 0 Å². The summed E-state index contributed by atoms with van der Waals surface area (Å²) < 4.78 is 88.5. The minimum absolute atomic E-state index is 0.0292. The van der Waals surface area contributed by atoms with Crippen molar-refractivity contribution in [2.45, 2.75) is 128 Å². The van der Waals surface area contributed by atoms with Gasteiger partial charge in [-0.15, -0.1) is 0 Å². The molecule has 0 aromatic carbocycles. The molecule has 0 amide bonds. The highest BCUT2D eigenvalue weighted by atomic mass is 35.5. The van der Waals surface area contributed by atoms with Crippen LogP contribution in [0.15, 0.2) is 29.5 Å². The van der Waals surface area contributed by atoms with E-state index in [1.54, 1.807) is 19.0 Å². The van der Waals surface area contributed by atoms with Crippen molar-refractivity contribution in [2.75, 3.05) is 105 Å². The van der Waals surface area contributed by atoms with Crippen LogP contribution in [0.1, 0.15) is 91.2 Å². The molecule has 4 aromatic heterocycles. The first-order valence-corrected chi connectivity index (χ1v) is 26.1. The highest BCUT2D eigenvalue weighted by Gasteiger charge is 2.53. The molecule has 4 bridgehead atoms. The van der Waals surface area contributed by atoms with E-state index in [-0.39, 0.29) is 69.1 Å². The van der Waals surface area contributed by atoms with Gasteiger partial charge < -0.3 is 58.5 Å². The van der Waals surface area contributed by atoms with Crippen molar-refractivity contribution in [3.8, 4) is 11.4 Å². The van der Waals surface area contributed by atoms with Crippen LogP contribution in [-0.2, 0) is 28.3 Å². The van der Waals surface area contributed by atoms with E-state index < -0.39 is 31.2 Å². The maximum Gasteiger partial charge on any atom is 0.496 e. The van der Waals surface area contributed by atoms with Crippen LogP contribution in [0.25, 0.3) is 11.4 Å². The van der Waals surface area contributed by atoms with E-state index >= 15 is 0 Å². The summed E-state index contributed by atoms with van der Waals surface area (Å²) in [6.45, 7) is 18.2. The molecule has 7 fully saturated rings. The van der Waals surface area contributed by atoms with Gasteiger partial charge in [0.2, 0.25) is 29.1 Å². The third-order valence-electron chi connectivity index (χ3n) is 14.9. The van der Waals surface area contributed by atoms with Crippen LogP contribution in [0.4, 0.5) is 53.0 Å². The lowest BCUT2D eigenvalue weighted by molar-refractivity contribution is 0.00578. The van der Waals surface area contributed by atoms with E-state index in [0.717, 1.165) is 45.4 Å². The Kier molecular flexibility index (Phi) is 17.0. The number of anilines is 5. The zero-order valence-electron chi connectivity index (χ0n) is 44.2. The molecule has 6 atom stereocenters. The van der Waals surface area contributed by atoms with Crippen molar-refractivity contribution < 1.29 is 45.8 Å². The number of rotatable bonds is 10. The Morgan fingerprint density at radius 2 is 1.16 bits per heavy atom. The highest BCUT2D eigenvalue weighted by molar-refractivity contribution is 6.62. The third-order valence-corrected chi connectivity index (χ3v) is 15.1. The topological polar surface area (TPSA) is 213 Å². The molecule has 412 valence electrons. The largest absolute Gasteiger partial charge is 0.496 e. The predicted octanol–water partition coefficient (Wildman–Crippen LogP) is 5.70. The number of pyridine rings is 2. The molecule has 7 aliphatic rings. The van der Waals surface area contributed by atoms with E-state index in [9.17, 15) is 17.6 Å². The van der Waals surface area contributed by atoms with Gasteiger partial charge in [0, 0.05) is 61.7 Å².